The van der Waals surface area contributed by atoms with Gasteiger partial charge in [0.15, 0.2) is 5.82 Å². The number of likely N-dealkylation sites (tertiary alicyclic amines) is 1. The minimum absolute atomic E-state index is 0.0407. The number of nitrogens with one attached hydrogen (secondary N) is 2. The van der Waals surface area contributed by atoms with E-state index < -0.39 is 12.0 Å². The zero-order chi connectivity index (χ0) is 30.7. The van der Waals surface area contributed by atoms with Gasteiger partial charge in [-0.05, 0) is 50.3 Å². The Hall–Kier alpha value is -3.97. The van der Waals surface area contributed by atoms with Crippen LogP contribution < -0.4 is 30.9 Å². The number of amides is 2. The molecule has 0 spiro atoms. The zero-order valence-electron chi connectivity index (χ0n) is 25.1. The number of nitrogens with two attached hydrogens (primary N) is 1. The molecule has 13 nitrogen and oxygen atoms in total. The fraction of sp³-hybridized carbons (Fsp3) is 0.567. The number of aromatic nitrogens is 2. The summed E-state index contributed by atoms with van der Waals surface area (Å²) < 4.78 is 5.62. The molecule has 1 saturated heterocycles. The number of anilines is 4. The second-order valence-electron chi connectivity index (χ2n) is 11.6. The quantitative estimate of drug-likeness (QED) is 0.302. The normalized spacial score (nSPS) is 21.5. The van der Waals surface area contributed by atoms with Gasteiger partial charge in [-0.15, -0.1) is 0 Å². The van der Waals surface area contributed by atoms with Crippen LogP contribution in [0.5, 0.6) is 5.75 Å². The van der Waals surface area contributed by atoms with Gasteiger partial charge in [0.2, 0.25) is 11.9 Å². The number of rotatable bonds is 11. The van der Waals surface area contributed by atoms with Crippen molar-refractivity contribution in [1.82, 2.24) is 20.2 Å². The summed E-state index contributed by atoms with van der Waals surface area (Å²) in [6.45, 7) is 4.02. The van der Waals surface area contributed by atoms with Crippen LogP contribution in [0.15, 0.2) is 24.4 Å². The van der Waals surface area contributed by atoms with E-state index in [9.17, 15) is 14.4 Å². The molecule has 5 N–H and O–H groups in total. The maximum absolute atomic E-state index is 13.2. The monoisotopic (exact) mass is 594 g/mol. The van der Waals surface area contributed by atoms with Crippen LogP contribution in [-0.2, 0) is 9.59 Å². The fourth-order valence-electron chi connectivity index (χ4n) is 6.37. The zero-order valence-corrected chi connectivity index (χ0v) is 25.1. The summed E-state index contributed by atoms with van der Waals surface area (Å²) in [4.78, 5) is 52.6. The highest BCUT2D eigenvalue weighted by atomic mass is 16.5. The first-order valence-electron chi connectivity index (χ1n) is 15.1. The molecule has 3 atom stereocenters. The Morgan fingerprint density at radius 2 is 2.00 bits per heavy atom. The van der Waals surface area contributed by atoms with Crippen molar-refractivity contribution < 1.29 is 24.2 Å². The van der Waals surface area contributed by atoms with E-state index in [2.05, 4.69) is 25.4 Å². The van der Waals surface area contributed by atoms with Crippen LogP contribution in [0.3, 0.4) is 0 Å². The third-order valence-corrected chi connectivity index (χ3v) is 8.80. The number of ether oxygens (including phenoxy) is 1. The van der Waals surface area contributed by atoms with Gasteiger partial charge in [0.25, 0.3) is 5.91 Å². The Labute approximate surface area is 251 Å². The fourth-order valence-corrected chi connectivity index (χ4v) is 6.37. The number of carbonyl (C=O) groups excluding carboxylic acids is 2. The van der Waals surface area contributed by atoms with Crippen molar-refractivity contribution >= 4 is 40.9 Å². The smallest absolute Gasteiger partial charge is 0.320 e. The molecular weight excluding hydrogens is 552 g/mol. The van der Waals surface area contributed by atoms with Gasteiger partial charge in [0, 0.05) is 44.3 Å². The van der Waals surface area contributed by atoms with E-state index in [1.807, 2.05) is 6.92 Å². The molecule has 1 aliphatic carbocycles. The van der Waals surface area contributed by atoms with Crippen LogP contribution in [0.4, 0.5) is 23.1 Å². The maximum Gasteiger partial charge on any atom is 0.320 e. The molecule has 3 heterocycles. The summed E-state index contributed by atoms with van der Waals surface area (Å²) in [5, 5.41) is 15.3. The SMILES string of the molecule is CC[C@@H]1C(=O)N(C)c2cnc(Nc3ccc(C(=O)NC4CCN(CC[C@H](N)C(=O)O)C4)cc3OC)nc2N1C1CCCC1. The lowest BCUT2D eigenvalue weighted by atomic mass is 10.0. The van der Waals surface area contributed by atoms with E-state index in [0.717, 1.165) is 44.5 Å². The number of aliphatic carboxylic acids is 1. The number of benzene rings is 1. The number of carboxylic acid groups (broad SMARTS) is 1. The van der Waals surface area contributed by atoms with E-state index in [1.54, 1.807) is 43.5 Å². The largest absolute Gasteiger partial charge is 0.495 e. The molecule has 3 aliphatic rings. The predicted octanol–water partition coefficient (Wildman–Crippen LogP) is 2.34. The summed E-state index contributed by atoms with van der Waals surface area (Å²) in [7, 11) is 3.32. The minimum Gasteiger partial charge on any atom is -0.495 e. The third-order valence-electron chi connectivity index (χ3n) is 8.80. The van der Waals surface area contributed by atoms with Crippen molar-refractivity contribution in [2.24, 2.45) is 5.73 Å². The Morgan fingerprint density at radius 1 is 1.23 bits per heavy atom. The van der Waals surface area contributed by atoms with E-state index in [1.165, 1.54) is 0 Å². The second-order valence-corrected chi connectivity index (χ2v) is 11.6. The molecule has 13 heteroatoms. The highest BCUT2D eigenvalue weighted by Crippen LogP contribution is 2.40. The number of carbonyl (C=O) groups is 3. The van der Waals surface area contributed by atoms with E-state index in [-0.39, 0.29) is 29.9 Å². The van der Waals surface area contributed by atoms with Crippen molar-refractivity contribution in [1.29, 1.82) is 0 Å². The van der Waals surface area contributed by atoms with Crippen molar-refractivity contribution in [2.75, 3.05) is 48.9 Å². The Kier molecular flexibility index (Phi) is 9.31. The molecule has 2 aliphatic heterocycles. The van der Waals surface area contributed by atoms with Gasteiger partial charge in [-0.3, -0.25) is 14.4 Å². The molecule has 0 bridgehead atoms. The average molecular weight is 595 g/mol. The molecule has 0 radical (unpaired) electrons. The first kappa shape index (κ1) is 30.5. The number of hydrogen-bond acceptors (Lipinski definition) is 10. The molecule has 2 amide bonds. The van der Waals surface area contributed by atoms with Crippen molar-refractivity contribution in [3.05, 3.63) is 30.0 Å². The van der Waals surface area contributed by atoms with Gasteiger partial charge in [0.1, 0.15) is 23.5 Å². The molecule has 2 aromatic rings. The third kappa shape index (κ3) is 6.52. The first-order chi connectivity index (χ1) is 20.7. The number of methoxy groups -OCH3 is 1. The van der Waals surface area contributed by atoms with Crippen LogP contribution >= 0.6 is 0 Å². The van der Waals surface area contributed by atoms with Gasteiger partial charge in [0.05, 0.1) is 19.0 Å². The van der Waals surface area contributed by atoms with E-state index in [0.29, 0.717) is 54.6 Å². The second kappa shape index (κ2) is 13.1. The van der Waals surface area contributed by atoms with Crippen LogP contribution in [0.2, 0.25) is 0 Å². The Bertz CT molecular complexity index is 1350. The summed E-state index contributed by atoms with van der Waals surface area (Å²) in [5.41, 5.74) is 7.38. The molecule has 1 unspecified atom stereocenters. The standard InChI is InChI=1S/C30H42N8O5/c1-4-23-28(40)36(2)24-16-32-30(35-26(24)38(23)20-7-5-6-8-20)34-22-10-9-18(15-25(22)43-3)27(39)33-19-11-13-37(17-19)14-12-21(31)29(41)42/h9-10,15-16,19-21,23H,4-8,11-14,17,31H2,1-3H3,(H,33,39)(H,41,42)(H,32,34,35)/t19?,21-,23+/m0/s1. The molecule has 1 saturated carbocycles. The number of carboxylic acids is 1. The molecule has 1 aromatic heterocycles. The minimum atomic E-state index is -1.01. The highest BCUT2D eigenvalue weighted by molar-refractivity contribution is 6.04. The van der Waals surface area contributed by atoms with E-state index >= 15 is 0 Å². The molecule has 43 heavy (non-hydrogen) atoms. The van der Waals surface area contributed by atoms with Crippen LogP contribution in [0.25, 0.3) is 0 Å². The lowest BCUT2D eigenvalue weighted by molar-refractivity contribution is -0.138. The van der Waals surface area contributed by atoms with Crippen LogP contribution in [0.1, 0.15) is 62.2 Å². The topological polar surface area (TPSA) is 166 Å². The number of hydrogen-bond donors (Lipinski definition) is 4. The van der Waals surface area contributed by atoms with Gasteiger partial charge in [-0.2, -0.15) is 4.98 Å². The predicted molar refractivity (Wildman–Crippen MR) is 163 cm³/mol. The molecule has 5 rings (SSSR count). The number of likely N-dealkylation sites (N-methyl/N-ethyl adjacent to an activating group) is 1. The number of nitrogens with zero attached hydrogens (tertiary/aromatic N) is 5. The average Bonchev–Trinajstić information content (AvgIpc) is 3.70. The highest BCUT2D eigenvalue weighted by Gasteiger charge is 2.41. The van der Waals surface area contributed by atoms with Gasteiger partial charge < -0.3 is 40.9 Å². The van der Waals surface area contributed by atoms with Gasteiger partial charge in [-0.25, -0.2) is 4.98 Å². The summed E-state index contributed by atoms with van der Waals surface area (Å²) in [6, 6.07) is 4.26. The molecular formula is C30H42N8O5. The van der Waals surface area contributed by atoms with Crippen molar-refractivity contribution in [3.63, 3.8) is 0 Å². The van der Waals surface area contributed by atoms with Crippen LogP contribution in [0, 0.1) is 0 Å². The van der Waals surface area contributed by atoms with Crippen LogP contribution in [-0.4, -0.2) is 95.7 Å². The molecule has 1 aromatic carbocycles. The molecule has 232 valence electrons. The summed E-state index contributed by atoms with van der Waals surface area (Å²) >= 11 is 0. The Morgan fingerprint density at radius 3 is 2.70 bits per heavy atom. The number of fused-ring (bicyclic) bond motifs is 1. The summed E-state index contributed by atoms with van der Waals surface area (Å²) in [5.74, 6) is 0.446. The maximum atomic E-state index is 13.2. The molecule has 2 fully saturated rings. The lowest BCUT2D eigenvalue weighted by Crippen LogP contribution is -2.55. The van der Waals surface area contributed by atoms with E-state index in [4.69, 9.17) is 20.6 Å². The van der Waals surface area contributed by atoms with Gasteiger partial charge >= 0.3 is 5.97 Å². The summed E-state index contributed by atoms with van der Waals surface area (Å²) in [6.07, 6.45) is 7.88. The van der Waals surface area contributed by atoms with Crippen molar-refractivity contribution in [2.45, 2.75) is 76.0 Å². The first-order valence-corrected chi connectivity index (χ1v) is 15.1. The Balaban J connectivity index is 1.28. The van der Waals surface area contributed by atoms with Crippen molar-refractivity contribution in [3.8, 4) is 5.75 Å². The van der Waals surface area contributed by atoms with Gasteiger partial charge in [-0.1, -0.05) is 19.8 Å². The lowest BCUT2D eigenvalue weighted by Gasteiger charge is -2.43.